The first-order valence-corrected chi connectivity index (χ1v) is 9.98. The Bertz CT molecular complexity index is 517. The van der Waals surface area contributed by atoms with Gasteiger partial charge in [-0.05, 0) is 56.3 Å². The third-order valence-electron chi connectivity index (χ3n) is 3.45. The van der Waals surface area contributed by atoms with E-state index in [1.165, 1.54) is 6.26 Å². The van der Waals surface area contributed by atoms with Crippen LogP contribution in [0.2, 0.25) is 5.02 Å². The van der Waals surface area contributed by atoms with Crippen molar-refractivity contribution in [2.75, 3.05) is 25.1 Å². The number of nitrogens with one attached hydrogen (secondary N) is 1. The number of sulfone groups is 1. The first kappa shape index (κ1) is 18.5. The molecule has 0 saturated heterocycles. The quantitative estimate of drug-likeness (QED) is 0.669. The fourth-order valence-electron chi connectivity index (χ4n) is 2.37. The highest BCUT2D eigenvalue weighted by Crippen LogP contribution is 2.21. The van der Waals surface area contributed by atoms with Gasteiger partial charge in [-0.3, -0.25) is 0 Å². The molecule has 0 heterocycles. The molecule has 3 nitrogen and oxygen atoms in total. The third-order valence-corrected chi connectivity index (χ3v) is 4.85. The van der Waals surface area contributed by atoms with Crippen molar-refractivity contribution in [1.29, 1.82) is 0 Å². The van der Waals surface area contributed by atoms with Gasteiger partial charge < -0.3 is 5.32 Å². The van der Waals surface area contributed by atoms with Crippen LogP contribution in [0.3, 0.4) is 0 Å². The molecule has 1 N–H and O–H groups in total. The van der Waals surface area contributed by atoms with Crippen molar-refractivity contribution < 1.29 is 8.42 Å². The fourth-order valence-corrected chi connectivity index (χ4v) is 3.27. The Morgan fingerprint density at radius 3 is 2.62 bits per heavy atom. The van der Waals surface area contributed by atoms with Gasteiger partial charge in [-0.1, -0.05) is 36.7 Å². The highest BCUT2D eigenvalue weighted by molar-refractivity contribution is 7.90. The molecule has 1 aromatic carbocycles. The van der Waals surface area contributed by atoms with Crippen molar-refractivity contribution in [1.82, 2.24) is 5.32 Å². The summed E-state index contributed by atoms with van der Waals surface area (Å²) in [7, 11) is -2.87. The molecule has 0 spiro atoms. The maximum atomic E-state index is 11.2. The monoisotopic (exact) mass is 331 g/mol. The predicted molar refractivity (Wildman–Crippen MR) is 90.8 cm³/mol. The summed E-state index contributed by atoms with van der Waals surface area (Å²) in [5.41, 5.74) is 1.14. The molecule has 1 atom stereocenters. The summed E-state index contributed by atoms with van der Waals surface area (Å²) in [5, 5.41) is 4.22. The minimum Gasteiger partial charge on any atom is -0.316 e. The van der Waals surface area contributed by atoms with Gasteiger partial charge in [-0.2, -0.15) is 0 Å². The lowest BCUT2D eigenvalue weighted by Crippen LogP contribution is -2.25. The molecule has 21 heavy (non-hydrogen) atoms. The second-order valence-corrected chi connectivity index (χ2v) is 8.30. The van der Waals surface area contributed by atoms with Gasteiger partial charge in [0, 0.05) is 17.0 Å². The van der Waals surface area contributed by atoms with Crippen molar-refractivity contribution in [3.63, 3.8) is 0 Å². The van der Waals surface area contributed by atoms with Crippen molar-refractivity contribution in [3.8, 4) is 0 Å². The molecule has 120 valence electrons. The minimum atomic E-state index is -2.87. The molecule has 0 fully saturated rings. The lowest BCUT2D eigenvalue weighted by Gasteiger charge is -2.18. The topological polar surface area (TPSA) is 46.2 Å². The lowest BCUT2D eigenvalue weighted by molar-refractivity contribution is 0.439. The molecule has 0 bridgehead atoms. The van der Waals surface area contributed by atoms with Crippen LogP contribution in [0.15, 0.2) is 24.3 Å². The molecule has 1 aromatic rings. The van der Waals surface area contributed by atoms with Crippen LogP contribution in [-0.4, -0.2) is 33.5 Å². The Hall–Kier alpha value is -0.580. The molecular formula is C16H26ClNO2S. The number of halogens is 1. The highest BCUT2D eigenvalue weighted by Gasteiger charge is 2.13. The summed E-state index contributed by atoms with van der Waals surface area (Å²) in [6.45, 7) is 4.04. The molecule has 0 aliphatic carbocycles. The molecule has 0 aromatic heterocycles. The first-order valence-electron chi connectivity index (χ1n) is 7.54. The van der Waals surface area contributed by atoms with E-state index in [1.807, 2.05) is 24.3 Å². The number of hydrogen-bond donors (Lipinski definition) is 1. The van der Waals surface area contributed by atoms with E-state index in [9.17, 15) is 8.42 Å². The van der Waals surface area contributed by atoms with Gasteiger partial charge in [0.1, 0.15) is 9.84 Å². The van der Waals surface area contributed by atoms with Crippen LogP contribution < -0.4 is 5.32 Å². The second-order valence-electron chi connectivity index (χ2n) is 5.64. The van der Waals surface area contributed by atoms with E-state index in [2.05, 4.69) is 12.2 Å². The van der Waals surface area contributed by atoms with Gasteiger partial charge >= 0.3 is 0 Å². The number of benzene rings is 1. The van der Waals surface area contributed by atoms with E-state index in [0.717, 1.165) is 42.9 Å². The third kappa shape index (κ3) is 8.44. The van der Waals surface area contributed by atoms with E-state index < -0.39 is 9.84 Å². The fraction of sp³-hybridized carbons (Fsp3) is 0.625. The van der Waals surface area contributed by atoms with E-state index >= 15 is 0 Å². The van der Waals surface area contributed by atoms with E-state index in [4.69, 9.17) is 11.6 Å². The molecule has 1 unspecified atom stereocenters. The highest BCUT2D eigenvalue weighted by atomic mass is 35.5. The standard InChI is InChI=1S/C16H26ClNO2S/c1-3-10-18-13-14(7-6-11-21(2,19)20)12-15-8-4-5-9-16(15)17/h4-5,8-9,14,18H,3,6-7,10-13H2,1-2H3. The number of hydrogen-bond acceptors (Lipinski definition) is 3. The SMILES string of the molecule is CCCNCC(CCCS(C)(=O)=O)Cc1ccccc1Cl. The van der Waals surface area contributed by atoms with Crippen LogP contribution in [0.1, 0.15) is 31.7 Å². The van der Waals surface area contributed by atoms with Crippen LogP contribution in [0, 0.1) is 5.92 Å². The van der Waals surface area contributed by atoms with Crippen LogP contribution in [0.5, 0.6) is 0 Å². The molecule has 0 aliphatic heterocycles. The molecule has 0 saturated carbocycles. The largest absolute Gasteiger partial charge is 0.316 e. The summed E-state index contributed by atoms with van der Waals surface area (Å²) < 4.78 is 22.5. The van der Waals surface area contributed by atoms with E-state index in [-0.39, 0.29) is 5.75 Å². The summed E-state index contributed by atoms with van der Waals surface area (Å²) in [5.74, 6) is 0.679. The van der Waals surface area contributed by atoms with Gasteiger partial charge in [0.25, 0.3) is 0 Å². The van der Waals surface area contributed by atoms with Gasteiger partial charge in [0.05, 0.1) is 0 Å². The van der Waals surface area contributed by atoms with Crippen molar-refractivity contribution in [2.45, 2.75) is 32.6 Å². The summed E-state index contributed by atoms with van der Waals surface area (Å²) in [6, 6.07) is 7.88. The van der Waals surface area contributed by atoms with Crippen molar-refractivity contribution in [3.05, 3.63) is 34.9 Å². The zero-order valence-electron chi connectivity index (χ0n) is 12.9. The molecule has 5 heteroatoms. The van der Waals surface area contributed by atoms with Gasteiger partial charge in [-0.25, -0.2) is 8.42 Å². The Morgan fingerprint density at radius 2 is 2.00 bits per heavy atom. The summed E-state index contributed by atoms with van der Waals surface area (Å²) in [4.78, 5) is 0. The molecule has 1 rings (SSSR count). The van der Waals surface area contributed by atoms with Gasteiger partial charge in [-0.15, -0.1) is 0 Å². The van der Waals surface area contributed by atoms with Crippen LogP contribution >= 0.6 is 11.6 Å². The average molecular weight is 332 g/mol. The Morgan fingerprint density at radius 1 is 1.29 bits per heavy atom. The zero-order chi connectivity index (χ0) is 15.7. The second kappa shape index (κ2) is 9.44. The maximum Gasteiger partial charge on any atom is 0.147 e. The lowest BCUT2D eigenvalue weighted by atomic mass is 9.95. The van der Waals surface area contributed by atoms with Crippen LogP contribution in [0.25, 0.3) is 0 Å². The Labute approximate surface area is 134 Å². The van der Waals surface area contributed by atoms with Gasteiger partial charge in [0.15, 0.2) is 0 Å². The van der Waals surface area contributed by atoms with E-state index in [1.54, 1.807) is 0 Å². The van der Waals surface area contributed by atoms with Crippen LogP contribution in [0.4, 0.5) is 0 Å². The first-order chi connectivity index (χ1) is 9.92. The zero-order valence-corrected chi connectivity index (χ0v) is 14.5. The summed E-state index contributed by atoms with van der Waals surface area (Å²) >= 11 is 6.22. The molecule has 0 amide bonds. The van der Waals surface area contributed by atoms with Crippen molar-refractivity contribution in [2.24, 2.45) is 5.92 Å². The van der Waals surface area contributed by atoms with E-state index in [0.29, 0.717) is 12.3 Å². The Balaban J connectivity index is 2.57. The molecule has 0 aliphatic rings. The Kier molecular flexibility index (Phi) is 8.30. The number of rotatable bonds is 10. The van der Waals surface area contributed by atoms with Crippen molar-refractivity contribution >= 4 is 21.4 Å². The average Bonchev–Trinajstić information content (AvgIpc) is 2.40. The van der Waals surface area contributed by atoms with Gasteiger partial charge in [0.2, 0.25) is 0 Å². The normalized spacial score (nSPS) is 13.3. The smallest absolute Gasteiger partial charge is 0.147 e. The molecular weight excluding hydrogens is 306 g/mol. The minimum absolute atomic E-state index is 0.264. The summed E-state index contributed by atoms with van der Waals surface area (Å²) in [6.07, 6.45) is 4.89. The maximum absolute atomic E-state index is 11.2. The van der Waals surface area contributed by atoms with Crippen LogP contribution in [-0.2, 0) is 16.3 Å². The molecule has 0 radical (unpaired) electrons. The predicted octanol–water partition coefficient (Wildman–Crippen LogP) is 3.32.